The first kappa shape index (κ1) is 20.7. The first-order valence-electron chi connectivity index (χ1n) is 11.5. The Morgan fingerprint density at radius 1 is 1.00 bits per heavy atom. The van der Waals surface area contributed by atoms with Gasteiger partial charge in [-0.15, -0.1) is 0 Å². The molecule has 1 N–H and O–H groups in total. The van der Waals surface area contributed by atoms with Crippen molar-refractivity contribution < 1.29 is 4.79 Å². The van der Waals surface area contributed by atoms with Crippen LogP contribution in [-0.2, 0) is 0 Å². The van der Waals surface area contributed by atoms with E-state index in [1.807, 2.05) is 53.6 Å². The van der Waals surface area contributed by atoms with Crippen molar-refractivity contribution in [1.82, 2.24) is 25.0 Å². The fourth-order valence-corrected chi connectivity index (χ4v) is 4.91. The van der Waals surface area contributed by atoms with Crippen LogP contribution in [0.4, 0.5) is 5.82 Å². The number of amides is 1. The number of carbonyl (C=O) groups is 1. The van der Waals surface area contributed by atoms with Crippen molar-refractivity contribution in [2.45, 2.75) is 12.8 Å². The van der Waals surface area contributed by atoms with Gasteiger partial charge in [0.2, 0.25) is 0 Å². The maximum Gasteiger partial charge on any atom is 0.257 e. The number of anilines is 1. The Bertz CT molecular complexity index is 1010. The number of piperazine rings is 1. The van der Waals surface area contributed by atoms with E-state index in [1.165, 1.54) is 6.42 Å². The van der Waals surface area contributed by atoms with Crippen LogP contribution in [0.25, 0.3) is 11.3 Å². The molecule has 1 atom stereocenters. The molecule has 0 saturated carbocycles. The van der Waals surface area contributed by atoms with Crippen molar-refractivity contribution in [3.05, 3.63) is 66.5 Å². The standard InChI is InChI=1S/C25H30N6O/c32-25(22-17-27-28-24(22)21-8-2-1-3-9-21)31-12-6-7-20(19-31)18-29-13-15-30(16-14-29)23-10-4-5-11-26-23/h1-5,8-11,17,20H,6-7,12-16,18-19H2,(H,27,28). The maximum absolute atomic E-state index is 13.3. The van der Waals surface area contributed by atoms with Crippen LogP contribution >= 0.6 is 0 Å². The number of H-pyrrole nitrogens is 1. The van der Waals surface area contributed by atoms with Crippen molar-refractivity contribution in [2.24, 2.45) is 5.92 Å². The van der Waals surface area contributed by atoms with Crippen LogP contribution in [0.2, 0.25) is 0 Å². The lowest BCUT2D eigenvalue weighted by Gasteiger charge is -2.39. The number of nitrogens with one attached hydrogen (secondary N) is 1. The van der Waals surface area contributed by atoms with Crippen LogP contribution in [0.5, 0.6) is 0 Å². The van der Waals surface area contributed by atoms with Crippen LogP contribution in [0, 0.1) is 5.92 Å². The predicted molar refractivity (Wildman–Crippen MR) is 126 cm³/mol. The third-order valence-electron chi connectivity index (χ3n) is 6.60. The van der Waals surface area contributed by atoms with Crippen LogP contribution in [-0.4, -0.2) is 76.7 Å². The van der Waals surface area contributed by atoms with Gasteiger partial charge in [-0.25, -0.2) is 4.98 Å². The number of pyridine rings is 1. The highest BCUT2D eigenvalue weighted by molar-refractivity contribution is 5.99. The lowest BCUT2D eigenvalue weighted by molar-refractivity contribution is 0.0638. The summed E-state index contributed by atoms with van der Waals surface area (Å²) >= 11 is 0. The van der Waals surface area contributed by atoms with Crippen molar-refractivity contribution in [1.29, 1.82) is 0 Å². The van der Waals surface area contributed by atoms with Gasteiger partial charge in [-0.3, -0.25) is 14.8 Å². The molecule has 7 nitrogen and oxygen atoms in total. The Balaban J connectivity index is 1.18. The number of aromatic nitrogens is 3. The Labute approximate surface area is 189 Å². The van der Waals surface area contributed by atoms with E-state index in [4.69, 9.17) is 0 Å². The molecule has 2 aliphatic heterocycles. The molecule has 2 fully saturated rings. The first-order valence-corrected chi connectivity index (χ1v) is 11.5. The van der Waals surface area contributed by atoms with E-state index in [2.05, 4.69) is 31.0 Å². The van der Waals surface area contributed by atoms with E-state index in [1.54, 1.807) is 6.20 Å². The molecule has 166 valence electrons. The van der Waals surface area contributed by atoms with Gasteiger partial charge in [0, 0.05) is 57.6 Å². The first-order chi connectivity index (χ1) is 15.8. The Kier molecular flexibility index (Phi) is 6.16. The molecule has 1 aromatic carbocycles. The number of nitrogens with zero attached hydrogens (tertiary/aromatic N) is 5. The van der Waals surface area contributed by atoms with E-state index < -0.39 is 0 Å². The molecule has 1 amide bonds. The minimum absolute atomic E-state index is 0.0854. The zero-order chi connectivity index (χ0) is 21.8. The molecule has 5 rings (SSSR count). The Morgan fingerprint density at radius 2 is 1.81 bits per heavy atom. The summed E-state index contributed by atoms with van der Waals surface area (Å²) in [7, 11) is 0. The van der Waals surface area contributed by atoms with Gasteiger partial charge < -0.3 is 9.80 Å². The molecule has 3 aromatic rings. The molecule has 0 aliphatic carbocycles. The Morgan fingerprint density at radius 3 is 2.59 bits per heavy atom. The van der Waals surface area contributed by atoms with Crippen LogP contribution < -0.4 is 4.90 Å². The largest absolute Gasteiger partial charge is 0.354 e. The van der Waals surface area contributed by atoms with Gasteiger partial charge in [0.25, 0.3) is 5.91 Å². The van der Waals surface area contributed by atoms with Gasteiger partial charge in [-0.1, -0.05) is 36.4 Å². The van der Waals surface area contributed by atoms with Crippen molar-refractivity contribution in [3.63, 3.8) is 0 Å². The zero-order valence-electron chi connectivity index (χ0n) is 18.4. The smallest absolute Gasteiger partial charge is 0.257 e. The molecular formula is C25H30N6O. The summed E-state index contributed by atoms with van der Waals surface area (Å²) in [6.07, 6.45) is 5.77. The summed E-state index contributed by atoms with van der Waals surface area (Å²) in [4.78, 5) is 24.7. The van der Waals surface area contributed by atoms with Gasteiger partial charge in [-0.2, -0.15) is 5.10 Å². The highest BCUT2D eigenvalue weighted by Crippen LogP contribution is 2.25. The molecule has 2 aliphatic rings. The molecule has 7 heteroatoms. The van der Waals surface area contributed by atoms with Crippen LogP contribution in [0.3, 0.4) is 0 Å². The van der Waals surface area contributed by atoms with Crippen LogP contribution in [0.15, 0.2) is 60.9 Å². The van der Waals surface area contributed by atoms with E-state index >= 15 is 0 Å². The molecule has 0 spiro atoms. The molecular weight excluding hydrogens is 400 g/mol. The van der Waals surface area contributed by atoms with Crippen molar-refractivity contribution >= 4 is 11.7 Å². The van der Waals surface area contributed by atoms with Gasteiger partial charge in [0.1, 0.15) is 5.82 Å². The minimum atomic E-state index is 0.0854. The normalized spacial score (nSPS) is 19.8. The second kappa shape index (κ2) is 9.53. The summed E-state index contributed by atoms with van der Waals surface area (Å²) < 4.78 is 0. The number of piperidine rings is 1. The summed E-state index contributed by atoms with van der Waals surface area (Å²) in [6.45, 7) is 6.78. The zero-order valence-corrected chi connectivity index (χ0v) is 18.4. The topological polar surface area (TPSA) is 68.4 Å². The van der Waals surface area contributed by atoms with E-state index in [0.29, 0.717) is 11.5 Å². The second-order valence-corrected chi connectivity index (χ2v) is 8.76. The lowest BCUT2D eigenvalue weighted by Crippen LogP contribution is -2.50. The third kappa shape index (κ3) is 4.53. The highest BCUT2D eigenvalue weighted by Gasteiger charge is 2.29. The van der Waals surface area contributed by atoms with Crippen molar-refractivity contribution in [2.75, 3.05) is 50.7 Å². The maximum atomic E-state index is 13.3. The SMILES string of the molecule is O=C(c1cn[nH]c1-c1ccccc1)N1CCCC(CN2CCN(c3ccccn3)CC2)C1. The number of hydrogen-bond donors (Lipinski definition) is 1. The number of hydrogen-bond acceptors (Lipinski definition) is 5. The number of benzene rings is 1. The molecule has 2 saturated heterocycles. The van der Waals surface area contributed by atoms with E-state index in [0.717, 1.165) is 69.3 Å². The van der Waals surface area contributed by atoms with E-state index in [-0.39, 0.29) is 5.91 Å². The summed E-state index contributed by atoms with van der Waals surface area (Å²) in [5.74, 6) is 1.67. The van der Waals surface area contributed by atoms with Gasteiger partial charge in [0.15, 0.2) is 0 Å². The molecule has 32 heavy (non-hydrogen) atoms. The summed E-state index contributed by atoms with van der Waals surface area (Å²) in [5.41, 5.74) is 2.47. The third-order valence-corrected chi connectivity index (χ3v) is 6.60. The number of likely N-dealkylation sites (tertiary alicyclic amines) is 1. The molecule has 2 aromatic heterocycles. The molecule has 0 bridgehead atoms. The fourth-order valence-electron chi connectivity index (χ4n) is 4.91. The van der Waals surface area contributed by atoms with Crippen molar-refractivity contribution in [3.8, 4) is 11.3 Å². The molecule has 4 heterocycles. The molecule has 1 unspecified atom stereocenters. The van der Waals surface area contributed by atoms with Gasteiger partial charge >= 0.3 is 0 Å². The predicted octanol–water partition coefficient (Wildman–Crippen LogP) is 3.15. The Hall–Kier alpha value is -3.19. The molecule has 0 radical (unpaired) electrons. The second-order valence-electron chi connectivity index (χ2n) is 8.76. The lowest BCUT2D eigenvalue weighted by atomic mass is 9.96. The quantitative estimate of drug-likeness (QED) is 0.674. The number of carbonyl (C=O) groups excluding carboxylic acids is 1. The number of rotatable bonds is 5. The fraction of sp³-hybridized carbons (Fsp3) is 0.400. The van der Waals surface area contributed by atoms with Gasteiger partial charge in [-0.05, 0) is 30.9 Å². The summed E-state index contributed by atoms with van der Waals surface area (Å²) in [6, 6.07) is 16.0. The summed E-state index contributed by atoms with van der Waals surface area (Å²) in [5, 5.41) is 7.19. The average molecular weight is 431 g/mol. The highest BCUT2D eigenvalue weighted by atomic mass is 16.2. The van der Waals surface area contributed by atoms with Gasteiger partial charge in [0.05, 0.1) is 17.5 Å². The minimum Gasteiger partial charge on any atom is -0.354 e. The average Bonchev–Trinajstić information content (AvgIpc) is 3.35. The monoisotopic (exact) mass is 430 g/mol. The van der Waals surface area contributed by atoms with E-state index in [9.17, 15) is 4.79 Å². The van der Waals surface area contributed by atoms with Crippen LogP contribution in [0.1, 0.15) is 23.2 Å². The number of aromatic amines is 1.